The topological polar surface area (TPSA) is 21.3 Å². The summed E-state index contributed by atoms with van der Waals surface area (Å²) in [5.41, 5.74) is 17.6. The zero-order valence-corrected chi connectivity index (χ0v) is 36.6. The van der Waals surface area contributed by atoms with E-state index in [1.165, 1.54) is 54.8 Å². The maximum atomic E-state index is 6.72. The van der Waals surface area contributed by atoms with Gasteiger partial charge in [0, 0.05) is 49.6 Å². The number of nitrogens with zero attached hydrogens (tertiary/aromatic N) is 2. The fourth-order valence-corrected chi connectivity index (χ4v) is 10.5. The van der Waals surface area contributed by atoms with Crippen LogP contribution in [0.15, 0.2) is 259 Å². The number of hydrogen-bond acceptors (Lipinski definition) is 2. The minimum absolute atomic E-state index is 0.879. The molecular formula is C64H42N2O. The lowest BCUT2D eigenvalue weighted by Crippen LogP contribution is -2.12. The van der Waals surface area contributed by atoms with Crippen LogP contribution in [0.4, 0.5) is 17.1 Å². The van der Waals surface area contributed by atoms with E-state index in [9.17, 15) is 0 Å². The summed E-state index contributed by atoms with van der Waals surface area (Å²) in [5.74, 6) is 0. The molecule has 0 spiro atoms. The second kappa shape index (κ2) is 16.0. The van der Waals surface area contributed by atoms with Crippen LogP contribution >= 0.6 is 0 Å². The lowest BCUT2D eigenvalue weighted by Gasteiger charge is -2.30. The Morgan fingerprint density at radius 3 is 1.58 bits per heavy atom. The van der Waals surface area contributed by atoms with Crippen LogP contribution in [0.2, 0.25) is 0 Å². The molecule has 0 N–H and O–H groups in total. The van der Waals surface area contributed by atoms with Gasteiger partial charge in [-0.05, 0) is 93.2 Å². The largest absolute Gasteiger partial charge is 0.455 e. The monoisotopic (exact) mass is 854 g/mol. The van der Waals surface area contributed by atoms with E-state index < -0.39 is 0 Å². The van der Waals surface area contributed by atoms with Crippen molar-refractivity contribution >= 4 is 71.6 Å². The Kier molecular flexibility index (Phi) is 9.17. The van der Waals surface area contributed by atoms with Crippen LogP contribution in [0, 0.1) is 0 Å². The lowest BCUT2D eigenvalue weighted by molar-refractivity contribution is 0.670. The average molecular weight is 855 g/mol. The Hall–Kier alpha value is -8.92. The number of furan rings is 1. The molecule has 2 aromatic heterocycles. The molecule has 0 saturated carbocycles. The highest BCUT2D eigenvalue weighted by molar-refractivity contribution is 6.16. The SMILES string of the molecule is c1ccc(-c2cccc3cccc(-c4ccccc4N(c4ccc(-c5cccc6c5c5ccccc5n6-c5ccccc5)cc4)c4ccccc4-c4cccc5c4oc4ccccc45)c23)cc1. The molecule has 0 fully saturated rings. The smallest absolute Gasteiger partial charge is 0.143 e. The van der Waals surface area contributed by atoms with Gasteiger partial charge in [0.25, 0.3) is 0 Å². The van der Waals surface area contributed by atoms with Gasteiger partial charge in [0.1, 0.15) is 11.2 Å². The van der Waals surface area contributed by atoms with Gasteiger partial charge in [-0.15, -0.1) is 0 Å². The summed E-state index contributed by atoms with van der Waals surface area (Å²) in [5, 5.41) is 7.11. The quantitative estimate of drug-likeness (QED) is 0.152. The first kappa shape index (κ1) is 38.5. The molecule has 0 saturated heterocycles. The fraction of sp³-hybridized carbons (Fsp3) is 0. The summed E-state index contributed by atoms with van der Waals surface area (Å²) in [4.78, 5) is 2.45. The Labute approximate surface area is 388 Å². The van der Waals surface area contributed by atoms with Crippen molar-refractivity contribution in [1.29, 1.82) is 0 Å². The molecule has 3 heteroatoms. The Bertz CT molecular complexity index is 3970. The molecule has 13 rings (SSSR count). The van der Waals surface area contributed by atoms with Gasteiger partial charge in [-0.25, -0.2) is 0 Å². The predicted molar refractivity (Wildman–Crippen MR) is 282 cm³/mol. The van der Waals surface area contributed by atoms with Crippen molar-refractivity contribution in [3.63, 3.8) is 0 Å². The zero-order chi connectivity index (χ0) is 44.3. The van der Waals surface area contributed by atoms with E-state index >= 15 is 0 Å². The molecule has 0 aliphatic rings. The maximum Gasteiger partial charge on any atom is 0.143 e. The lowest BCUT2D eigenvalue weighted by atomic mass is 9.90. The number of rotatable bonds is 8. The van der Waals surface area contributed by atoms with E-state index in [0.29, 0.717) is 0 Å². The van der Waals surface area contributed by atoms with Crippen LogP contribution in [0.5, 0.6) is 0 Å². The van der Waals surface area contributed by atoms with Crippen molar-refractivity contribution in [2.45, 2.75) is 0 Å². The van der Waals surface area contributed by atoms with Crippen LogP contribution in [0.25, 0.3) is 105 Å². The molecule has 0 aliphatic heterocycles. The van der Waals surface area contributed by atoms with Crippen LogP contribution in [0.3, 0.4) is 0 Å². The van der Waals surface area contributed by atoms with Gasteiger partial charge < -0.3 is 13.9 Å². The number of aromatic nitrogens is 1. The molecule has 0 aliphatic carbocycles. The molecule has 0 atom stereocenters. The summed E-state index contributed by atoms with van der Waals surface area (Å²) in [6, 6.07) is 91.9. The van der Waals surface area contributed by atoms with Gasteiger partial charge in [0.15, 0.2) is 0 Å². The van der Waals surface area contributed by atoms with Gasteiger partial charge in [-0.3, -0.25) is 0 Å². The van der Waals surface area contributed by atoms with Gasteiger partial charge in [0.05, 0.1) is 22.4 Å². The third kappa shape index (κ3) is 6.35. The van der Waals surface area contributed by atoms with E-state index in [1.54, 1.807) is 0 Å². The number of hydrogen-bond donors (Lipinski definition) is 0. The highest BCUT2D eigenvalue weighted by atomic mass is 16.3. The summed E-state index contributed by atoms with van der Waals surface area (Å²) >= 11 is 0. The summed E-state index contributed by atoms with van der Waals surface area (Å²) in [7, 11) is 0. The Morgan fingerprint density at radius 1 is 0.313 bits per heavy atom. The molecule has 67 heavy (non-hydrogen) atoms. The van der Waals surface area contributed by atoms with Crippen molar-refractivity contribution in [3.8, 4) is 50.2 Å². The number of fused-ring (bicyclic) bond motifs is 7. The summed E-state index contributed by atoms with van der Waals surface area (Å²) < 4.78 is 9.11. The van der Waals surface area contributed by atoms with Gasteiger partial charge in [0.2, 0.25) is 0 Å². The third-order valence-corrected chi connectivity index (χ3v) is 13.4. The first-order valence-electron chi connectivity index (χ1n) is 22.9. The van der Waals surface area contributed by atoms with Crippen molar-refractivity contribution in [2.24, 2.45) is 0 Å². The van der Waals surface area contributed by atoms with Gasteiger partial charge in [-0.1, -0.05) is 200 Å². The first-order chi connectivity index (χ1) is 33.3. The van der Waals surface area contributed by atoms with E-state index in [-0.39, 0.29) is 0 Å². The van der Waals surface area contributed by atoms with E-state index in [2.05, 4.69) is 258 Å². The molecule has 2 heterocycles. The summed E-state index contributed by atoms with van der Waals surface area (Å²) in [6.07, 6.45) is 0. The Morgan fingerprint density at radius 2 is 0.821 bits per heavy atom. The molecule has 314 valence electrons. The molecule has 0 unspecified atom stereocenters. The van der Waals surface area contributed by atoms with Crippen LogP contribution < -0.4 is 4.90 Å². The van der Waals surface area contributed by atoms with Crippen molar-refractivity contribution < 1.29 is 4.42 Å². The van der Waals surface area contributed by atoms with Gasteiger partial charge in [-0.2, -0.15) is 0 Å². The molecule has 3 nitrogen and oxygen atoms in total. The van der Waals surface area contributed by atoms with Crippen LogP contribution in [-0.2, 0) is 0 Å². The van der Waals surface area contributed by atoms with Crippen LogP contribution in [0.1, 0.15) is 0 Å². The van der Waals surface area contributed by atoms with Crippen molar-refractivity contribution in [1.82, 2.24) is 4.57 Å². The fourth-order valence-electron chi connectivity index (χ4n) is 10.5. The molecule has 0 bridgehead atoms. The molecule has 13 aromatic rings. The molecule has 0 amide bonds. The number of anilines is 3. The van der Waals surface area contributed by atoms with E-state index in [0.717, 1.165) is 66.9 Å². The van der Waals surface area contributed by atoms with Gasteiger partial charge >= 0.3 is 0 Å². The Balaban J connectivity index is 1.04. The first-order valence-corrected chi connectivity index (χ1v) is 22.9. The van der Waals surface area contributed by atoms with Crippen molar-refractivity contribution in [3.05, 3.63) is 255 Å². The van der Waals surface area contributed by atoms with E-state index in [1.807, 2.05) is 6.07 Å². The number of benzene rings is 11. The van der Waals surface area contributed by atoms with Crippen molar-refractivity contribution in [2.75, 3.05) is 4.90 Å². The summed E-state index contributed by atoms with van der Waals surface area (Å²) in [6.45, 7) is 0. The molecular weight excluding hydrogens is 813 g/mol. The minimum atomic E-state index is 0.879. The maximum absolute atomic E-state index is 6.72. The molecule has 11 aromatic carbocycles. The minimum Gasteiger partial charge on any atom is -0.455 e. The standard InChI is InChI=1S/C64H42N2O/c1-3-19-43(20-4-1)48-29-15-21-45-22-16-31-53(62(45)48)50-25-7-11-34-57(50)65(58-35-12-8-26-51(58)54-32-17-33-55-52-27-10-14-38-61(52)67-64(54)55)47-41-39-44(40-42-47)49-30-18-37-60-63(49)56-28-9-13-36-59(56)66(60)46-23-5-2-6-24-46/h1-42H. The highest BCUT2D eigenvalue weighted by Gasteiger charge is 2.24. The highest BCUT2D eigenvalue weighted by Crippen LogP contribution is 2.49. The zero-order valence-electron chi connectivity index (χ0n) is 36.6. The predicted octanol–water partition coefficient (Wildman–Crippen LogP) is 18.0. The third-order valence-electron chi connectivity index (χ3n) is 13.4. The second-order valence-corrected chi connectivity index (χ2v) is 17.2. The average Bonchev–Trinajstić information content (AvgIpc) is 3.96. The van der Waals surface area contributed by atoms with Crippen LogP contribution in [-0.4, -0.2) is 4.57 Å². The molecule has 0 radical (unpaired) electrons. The van der Waals surface area contributed by atoms with E-state index in [4.69, 9.17) is 4.42 Å². The normalized spacial score (nSPS) is 11.6. The second-order valence-electron chi connectivity index (χ2n) is 17.2. The number of para-hydroxylation sites is 6.